The molecule has 0 spiro atoms. The zero-order valence-electron chi connectivity index (χ0n) is 56.9. The van der Waals surface area contributed by atoms with E-state index in [1.807, 2.05) is 200 Å². The number of nitrogens with zero attached hydrogens (tertiary/aromatic N) is 5. The second-order valence-corrected chi connectivity index (χ2v) is 30.2. The Kier molecular flexibility index (Phi) is 21.6. The van der Waals surface area contributed by atoms with Gasteiger partial charge >= 0.3 is 11.9 Å². The summed E-state index contributed by atoms with van der Waals surface area (Å²) in [6.45, 7) is 8.14. The third-order valence-electron chi connectivity index (χ3n) is 17.0. The van der Waals surface area contributed by atoms with Crippen LogP contribution in [-0.2, 0) is 61.9 Å². The highest BCUT2D eigenvalue weighted by molar-refractivity contribution is 8.20. The molecule has 0 saturated carbocycles. The van der Waals surface area contributed by atoms with Crippen LogP contribution in [0, 0.1) is 0 Å². The van der Waals surface area contributed by atoms with Gasteiger partial charge in [0.05, 0.1) is 25.8 Å². The molecule has 102 heavy (non-hydrogen) atoms. The Labute approximate surface area is 608 Å². The maximum absolute atomic E-state index is 16.0. The van der Waals surface area contributed by atoms with Crippen LogP contribution in [0.2, 0.25) is 5.02 Å². The van der Waals surface area contributed by atoms with Gasteiger partial charge in [0.1, 0.15) is 47.4 Å². The van der Waals surface area contributed by atoms with Gasteiger partial charge in [0.25, 0.3) is 11.8 Å². The number of thiazole rings is 1. The quantitative estimate of drug-likeness (QED) is 0.0160. The molecular formula is C78H74ClN7O13S3. The number of hydrogen-bond donors (Lipinski definition) is 2. The molecule has 0 aliphatic carbocycles. The SMILES string of the molecule is COc1ccc(COc2ccc(/C(=N/OC(c3ccccc3)(c3ccccc3)c3ccccc3)C(=O)N3CC(S[C@]4(C(=O)OC(c5ccccc5)c5ccccc5)CN5C(=O)[C@@H](NC(=O)/C(=N\OC(C)(C)C(=O)OC(C)(C)C)c6csc(N)n6)[C@H]5S4)C3)c(Cl)c2OCc2ccc(OC)cc2)cc1. The maximum Gasteiger partial charge on any atom is 0.353 e. The normalized spacial score (nSPS) is 17.0. The van der Waals surface area contributed by atoms with E-state index < -0.39 is 73.3 Å². The van der Waals surface area contributed by atoms with Crippen molar-refractivity contribution in [1.29, 1.82) is 0 Å². The first-order chi connectivity index (χ1) is 49.1. The number of anilines is 1. The number of aromatic nitrogens is 1. The van der Waals surface area contributed by atoms with Crippen molar-refractivity contribution in [2.24, 2.45) is 10.3 Å². The summed E-state index contributed by atoms with van der Waals surface area (Å²) >= 11 is 11.1. The number of nitrogens with two attached hydrogens (primary N) is 1. The van der Waals surface area contributed by atoms with Crippen molar-refractivity contribution in [3.8, 4) is 23.0 Å². The summed E-state index contributed by atoms with van der Waals surface area (Å²) in [5.74, 6) is -1.59. The average molecular weight is 1450 g/mol. The number of esters is 2. The summed E-state index contributed by atoms with van der Waals surface area (Å²) in [6, 6.07) is 64.4. The first-order valence-electron chi connectivity index (χ1n) is 32.7. The Bertz CT molecular complexity index is 4390. The van der Waals surface area contributed by atoms with E-state index in [9.17, 15) is 14.4 Å². The lowest BCUT2D eigenvalue weighted by molar-refractivity contribution is -0.179. The second kappa shape index (κ2) is 30.9. The van der Waals surface area contributed by atoms with E-state index >= 15 is 9.59 Å². The van der Waals surface area contributed by atoms with Crippen LogP contribution in [0.5, 0.6) is 23.0 Å². The highest BCUT2D eigenvalue weighted by Crippen LogP contribution is 2.56. The molecule has 3 atom stereocenters. The standard InChI is InChI=1S/C78H74ClN7O13S3/c1-75(2,3)97-72(90)76(4,5)98-84-64(60-47-100-74(80)81-60)68(87)82-65-70(89)86-48-77(102-71(65)86,73(91)96-66(51-23-13-8-14-24-51)52-25-15-9-16-26-52)101-58-43-85(44-58)69(88)63(83-99-78(53-27-17-10-18-28-53,54-29-19-11-20-30-54)55-31-21-12-22-32-55)59-41-42-61(94-45-49-33-37-56(92-6)38-34-49)67(62(59)79)95-46-50-35-39-57(93-7)40-36-50/h8-42,47,58,65-66,71H,43-46,48H2,1-7H3,(H2,80,81)(H,82,87)/b83-63-,84-64-/t65-,71-,77-/m1/s1. The Hall–Kier alpha value is -10.3. The third-order valence-corrected chi connectivity index (χ3v) is 21.4. The molecule has 3 N–H and O–H groups in total. The molecule has 9 aromatic rings. The molecule has 0 unspecified atom stereocenters. The van der Waals surface area contributed by atoms with Gasteiger partial charge in [-0.1, -0.05) is 198 Å². The van der Waals surface area contributed by atoms with E-state index in [1.165, 1.54) is 35.9 Å². The molecule has 4 heterocycles. The van der Waals surface area contributed by atoms with Crippen molar-refractivity contribution in [3.05, 3.63) is 273 Å². The van der Waals surface area contributed by atoms with Gasteiger partial charge in [-0.15, -0.1) is 34.9 Å². The van der Waals surface area contributed by atoms with E-state index in [4.69, 9.17) is 60.6 Å². The zero-order valence-corrected chi connectivity index (χ0v) is 60.1. The molecule has 524 valence electrons. The smallest absolute Gasteiger partial charge is 0.353 e. The van der Waals surface area contributed by atoms with Crippen LogP contribution < -0.4 is 30.0 Å². The lowest BCUT2D eigenvalue weighted by Gasteiger charge is -2.42. The summed E-state index contributed by atoms with van der Waals surface area (Å²) in [5.41, 5.74) is 6.83. The number of methoxy groups -OCH3 is 2. The first-order valence-corrected chi connectivity index (χ1v) is 35.7. The van der Waals surface area contributed by atoms with Gasteiger partial charge in [0.2, 0.25) is 17.1 Å². The van der Waals surface area contributed by atoms with Gasteiger partial charge in [0, 0.05) is 46.0 Å². The van der Waals surface area contributed by atoms with Gasteiger partial charge in [-0.3, -0.25) is 14.4 Å². The number of oxime groups is 2. The fraction of sp³-hybridized carbons (Fsp3) is 0.256. The van der Waals surface area contributed by atoms with Crippen molar-refractivity contribution in [1.82, 2.24) is 20.1 Å². The van der Waals surface area contributed by atoms with Crippen molar-refractivity contribution >= 4 is 92.7 Å². The van der Waals surface area contributed by atoms with Crippen molar-refractivity contribution in [2.75, 3.05) is 39.6 Å². The minimum absolute atomic E-state index is 0.000161. The number of ether oxygens (including phenoxy) is 6. The van der Waals surface area contributed by atoms with Gasteiger partial charge in [-0.25, -0.2) is 14.6 Å². The molecule has 3 aliphatic rings. The van der Waals surface area contributed by atoms with E-state index in [0.29, 0.717) is 39.3 Å². The number of rotatable bonds is 27. The monoisotopic (exact) mass is 1450 g/mol. The Morgan fingerprint density at radius 2 is 1.19 bits per heavy atom. The van der Waals surface area contributed by atoms with Crippen LogP contribution in [0.15, 0.2) is 228 Å². The molecular weight excluding hydrogens is 1370 g/mol. The predicted molar refractivity (Wildman–Crippen MR) is 394 cm³/mol. The minimum Gasteiger partial charge on any atom is -0.497 e. The summed E-state index contributed by atoms with van der Waals surface area (Å²) in [5, 5.41) is 12.3. The third kappa shape index (κ3) is 15.7. The summed E-state index contributed by atoms with van der Waals surface area (Å²) < 4.78 is 34.7. The molecule has 3 amide bonds. The van der Waals surface area contributed by atoms with Gasteiger partial charge in [-0.2, -0.15) is 0 Å². The molecule has 1 aromatic heterocycles. The van der Waals surface area contributed by atoms with Crippen molar-refractivity contribution < 1.29 is 62.1 Å². The number of halogens is 1. The maximum atomic E-state index is 16.0. The minimum atomic E-state index is -1.67. The van der Waals surface area contributed by atoms with Crippen LogP contribution in [0.4, 0.5) is 5.13 Å². The lowest BCUT2D eigenvalue weighted by Crippen LogP contribution is -2.68. The molecule has 0 radical (unpaired) electrons. The number of amides is 3. The lowest BCUT2D eigenvalue weighted by atomic mass is 9.80. The number of likely N-dealkylation sites (tertiary alicyclic amines) is 1. The number of β-lactam (4-membered cyclic amide) rings is 1. The zero-order chi connectivity index (χ0) is 71.8. The van der Waals surface area contributed by atoms with Gasteiger partial charge in [-0.05, 0) is 93.3 Å². The van der Waals surface area contributed by atoms with Crippen LogP contribution >= 0.6 is 46.5 Å². The number of nitrogen functional groups attached to an aromatic ring is 1. The largest absolute Gasteiger partial charge is 0.497 e. The molecule has 3 aliphatic heterocycles. The Morgan fingerprint density at radius 3 is 1.69 bits per heavy atom. The number of hydrogen-bond acceptors (Lipinski definition) is 20. The van der Waals surface area contributed by atoms with E-state index in [2.05, 4.69) is 15.5 Å². The molecule has 12 rings (SSSR count). The highest BCUT2D eigenvalue weighted by Gasteiger charge is 2.65. The fourth-order valence-corrected chi connectivity index (χ4v) is 16.2. The van der Waals surface area contributed by atoms with E-state index in [1.54, 1.807) is 52.0 Å². The van der Waals surface area contributed by atoms with E-state index in [-0.39, 0.29) is 77.2 Å². The van der Waals surface area contributed by atoms with Crippen molar-refractivity contribution in [3.63, 3.8) is 0 Å². The van der Waals surface area contributed by atoms with Crippen molar-refractivity contribution in [2.45, 2.75) is 91.5 Å². The molecule has 3 saturated heterocycles. The van der Waals surface area contributed by atoms with Gasteiger partial charge in [0.15, 0.2) is 38.2 Å². The second-order valence-electron chi connectivity index (χ2n) is 25.7. The molecule has 8 aromatic carbocycles. The van der Waals surface area contributed by atoms with Gasteiger partial charge < -0.3 is 58.9 Å². The van der Waals surface area contributed by atoms with Crippen LogP contribution in [-0.4, -0.2) is 122 Å². The van der Waals surface area contributed by atoms with Crippen LogP contribution in [0.3, 0.4) is 0 Å². The number of thioether (sulfide) groups is 2. The van der Waals surface area contributed by atoms with Crippen LogP contribution in [0.25, 0.3) is 0 Å². The molecule has 3 fully saturated rings. The summed E-state index contributed by atoms with van der Waals surface area (Å²) in [7, 11) is 3.18. The topological polar surface area (TPSA) is 241 Å². The number of carbonyl (C=O) groups is 5. The number of carbonyl (C=O) groups excluding carboxylic acids is 5. The molecule has 24 heteroatoms. The molecule has 0 bridgehead atoms. The fourth-order valence-electron chi connectivity index (χ4n) is 11.6. The number of fused-ring (bicyclic) bond motifs is 1. The average Bonchev–Trinajstić information content (AvgIpc) is 1.58. The summed E-state index contributed by atoms with van der Waals surface area (Å²) in [4.78, 5) is 94.4. The summed E-state index contributed by atoms with van der Waals surface area (Å²) in [6.07, 6.45) is -0.881. The first kappa shape index (κ1) is 71.5. The van der Waals surface area contributed by atoms with E-state index in [0.717, 1.165) is 34.2 Å². The number of benzene rings is 8. The van der Waals surface area contributed by atoms with Crippen LogP contribution in [0.1, 0.15) is 90.9 Å². The number of nitrogens with one attached hydrogen (secondary N) is 1. The highest BCUT2D eigenvalue weighted by atomic mass is 35.5. The Balaban J connectivity index is 0.895. The predicted octanol–water partition coefficient (Wildman–Crippen LogP) is 13.2. The Morgan fingerprint density at radius 1 is 0.676 bits per heavy atom. The molecule has 20 nitrogen and oxygen atoms in total.